The van der Waals surface area contributed by atoms with Crippen LogP contribution in [0.15, 0.2) is 47.4 Å². The molecular formula is C15H17NO2S. The summed E-state index contributed by atoms with van der Waals surface area (Å²) in [5.74, 6) is 1.25. The van der Waals surface area contributed by atoms with Gasteiger partial charge in [0.1, 0.15) is 5.75 Å². The van der Waals surface area contributed by atoms with Gasteiger partial charge < -0.3 is 10.5 Å². The number of aryl methyl sites for hydroxylation is 1. The van der Waals surface area contributed by atoms with Crippen LogP contribution in [0.25, 0.3) is 0 Å². The molecule has 0 bridgehead atoms. The summed E-state index contributed by atoms with van der Waals surface area (Å²) < 4.78 is 17.5. The molecule has 0 saturated carbocycles. The number of rotatable bonds is 4. The minimum Gasteiger partial charge on any atom is -0.497 e. The number of benzene rings is 2. The lowest BCUT2D eigenvalue weighted by molar-refractivity contribution is 0.414. The number of methoxy groups -OCH3 is 1. The predicted octanol–water partition coefficient (Wildman–Crippen LogP) is 2.89. The van der Waals surface area contributed by atoms with E-state index in [0.29, 0.717) is 5.75 Å². The smallest absolute Gasteiger partial charge is 0.119 e. The van der Waals surface area contributed by atoms with Crippen LogP contribution in [0.3, 0.4) is 0 Å². The first-order valence-corrected chi connectivity index (χ1v) is 7.29. The number of hydrogen-bond donors (Lipinski definition) is 1. The summed E-state index contributed by atoms with van der Waals surface area (Å²) in [6.07, 6.45) is 0. The second kappa shape index (κ2) is 5.89. The normalized spacial score (nSPS) is 12.1. The van der Waals surface area contributed by atoms with E-state index >= 15 is 0 Å². The SMILES string of the molecule is COc1cccc(CS(=O)c2ccc(N)c(C)c2)c1. The van der Waals surface area contributed by atoms with Crippen LogP contribution < -0.4 is 10.5 Å². The fraction of sp³-hybridized carbons (Fsp3) is 0.200. The van der Waals surface area contributed by atoms with Gasteiger partial charge in [-0.05, 0) is 48.4 Å². The first-order valence-electron chi connectivity index (χ1n) is 5.97. The lowest BCUT2D eigenvalue weighted by atomic mass is 10.2. The highest BCUT2D eigenvalue weighted by Crippen LogP contribution is 2.20. The zero-order valence-corrected chi connectivity index (χ0v) is 11.9. The van der Waals surface area contributed by atoms with Crippen molar-refractivity contribution in [2.75, 3.05) is 12.8 Å². The Morgan fingerprint density at radius 2 is 2.00 bits per heavy atom. The quantitative estimate of drug-likeness (QED) is 0.873. The van der Waals surface area contributed by atoms with E-state index < -0.39 is 10.8 Å². The van der Waals surface area contributed by atoms with E-state index in [1.807, 2.05) is 43.3 Å². The molecule has 0 fully saturated rings. The lowest BCUT2D eigenvalue weighted by Gasteiger charge is -2.07. The first kappa shape index (κ1) is 13.6. The van der Waals surface area contributed by atoms with Crippen molar-refractivity contribution in [2.45, 2.75) is 17.6 Å². The Labute approximate surface area is 115 Å². The van der Waals surface area contributed by atoms with Gasteiger partial charge in [-0.25, -0.2) is 0 Å². The maximum atomic E-state index is 12.3. The first-order chi connectivity index (χ1) is 9.10. The van der Waals surface area contributed by atoms with Crippen LogP contribution in [0, 0.1) is 6.92 Å². The van der Waals surface area contributed by atoms with Crippen molar-refractivity contribution in [3.05, 3.63) is 53.6 Å². The molecule has 0 aliphatic rings. The largest absolute Gasteiger partial charge is 0.497 e. The second-order valence-corrected chi connectivity index (χ2v) is 5.81. The molecule has 1 unspecified atom stereocenters. The molecule has 2 aromatic rings. The predicted molar refractivity (Wildman–Crippen MR) is 78.7 cm³/mol. The molecule has 2 aromatic carbocycles. The van der Waals surface area contributed by atoms with Gasteiger partial charge in [0.2, 0.25) is 0 Å². The molecule has 0 amide bonds. The summed E-state index contributed by atoms with van der Waals surface area (Å²) in [6, 6.07) is 13.1. The second-order valence-electron chi connectivity index (χ2n) is 4.36. The molecule has 2 N–H and O–H groups in total. The highest BCUT2D eigenvalue weighted by Gasteiger charge is 2.07. The third kappa shape index (κ3) is 3.35. The van der Waals surface area contributed by atoms with E-state index in [1.165, 1.54) is 0 Å². The zero-order valence-electron chi connectivity index (χ0n) is 11.1. The van der Waals surface area contributed by atoms with Gasteiger partial charge >= 0.3 is 0 Å². The van der Waals surface area contributed by atoms with Crippen molar-refractivity contribution in [2.24, 2.45) is 0 Å². The third-order valence-corrected chi connectivity index (χ3v) is 4.31. The van der Waals surface area contributed by atoms with Crippen LogP contribution in [0.5, 0.6) is 5.75 Å². The molecular weight excluding hydrogens is 258 g/mol. The van der Waals surface area contributed by atoms with Crippen molar-refractivity contribution in [1.29, 1.82) is 0 Å². The average Bonchev–Trinajstić information content (AvgIpc) is 2.42. The van der Waals surface area contributed by atoms with E-state index in [9.17, 15) is 4.21 Å². The van der Waals surface area contributed by atoms with E-state index in [4.69, 9.17) is 10.5 Å². The Morgan fingerprint density at radius 1 is 1.21 bits per heavy atom. The number of hydrogen-bond acceptors (Lipinski definition) is 3. The Hall–Kier alpha value is -1.81. The van der Waals surface area contributed by atoms with Gasteiger partial charge in [0.25, 0.3) is 0 Å². The topological polar surface area (TPSA) is 52.3 Å². The van der Waals surface area contributed by atoms with Crippen molar-refractivity contribution < 1.29 is 8.95 Å². The summed E-state index contributed by atoms with van der Waals surface area (Å²) in [5.41, 5.74) is 8.44. The average molecular weight is 275 g/mol. The summed E-state index contributed by atoms with van der Waals surface area (Å²) in [5, 5.41) is 0. The molecule has 0 saturated heterocycles. The summed E-state index contributed by atoms with van der Waals surface area (Å²) in [7, 11) is 0.550. The van der Waals surface area contributed by atoms with Crippen LogP contribution in [0.1, 0.15) is 11.1 Å². The molecule has 3 nitrogen and oxygen atoms in total. The molecule has 4 heteroatoms. The number of nitrogen functional groups attached to an aromatic ring is 1. The Balaban J connectivity index is 2.18. The summed E-state index contributed by atoms with van der Waals surface area (Å²) in [6.45, 7) is 1.92. The Morgan fingerprint density at radius 3 is 2.68 bits per heavy atom. The number of nitrogens with two attached hydrogens (primary N) is 1. The molecule has 100 valence electrons. The van der Waals surface area contributed by atoms with E-state index in [2.05, 4.69) is 0 Å². The molecule has 0 aliphatic carbocycles. The minimum absolute atomic E-state index is 0.473. The highest BCUT2D eigenvalue weighted by atomic mass is 32.2. The molecule has 0 heterocycles. The van der Waals surface area contributed by atoms with E-state index in [-0.39, 0.29) is 0 Å². The van der Waals surface area contributed by atoms with Crippen LogP contribution in [0.2, 0.25) is 0 Å². The lowest BCUT2D eigenvalue weighted by Crippen LogP contribution is -1.99. The van der Waals surface area contributed by atoms with Crippen LogP contribution in [-0.4, -0.2) is 11.3 Å². The van der Waals surface area contributed by atoms with Gasteiger partial charge in [-0.1, -0.05) is 12.1 Å². The van der Waals surface area contributed by atoms with Crippen molar-refractivity contribution in [3.63, 3.8) is 0 Å². The summed E-state index contributed by atoms with van der Waals surface area (Å²) >= 11 is 0. The number of anilines is 1. The standard InChI is InChI=1S/C15H17NO2S/c1-11-8-14(6-7-15(11)16)19(17)10-12-4-3-5-13(9-12)18-2/h3-9H,10,16H2,1-2H3. The van der Waals surface area contributed by atoms with Gasteiger partial charge in [0, 0.05) is 10.6 Å². The van der Waals surface area contributed by atoms with Crippen LogP contribution >= 0.6 is 0 Å². The highest BCUT2D eigenvalue weighted by molar-refractivity contribution is 7.84. The molecule has 19 heavy (non-hydrogen) atoms. The van der Waals surface area contributed by atoms with Gasteiger partial charge in [0.05, 0.1) is 23.7 Å². The van der Waals surface area contributed by atoms with Crippen molar-refractivity contribution >= 4 is 16.5 Å². The Bertz CT molecular complexity index is 611. The van der Waals surface area contributed by atoms with E-state index in [0.717, 1.165) is 27.5 Å². The van der Waals surface area contributed by atoms with E-state index in [1.54, 1.807) is 13.2 Å². The maximum absolute atomic E-state index is 12.3. The van der Waals surface area contributed by atoms with Crippen molar-refractivity contribution in [1.82, 2.24) is 0 Å². The van der Waals surface area contributed by atoms with Gasteiger partial charge in [-0.15, -0.1) is 0 Å². The molecule has 2 rings (SSSR count). The van der Waals surface area contributed by atoms with Crippen molar-refractivity contribution in [3.8, 4) is 5.75 Å². The van der Waals surface area contributed by atoms with Crippen LogP contribution in [0.4, 0.5) is 5.69 Å². The molecule has 0 radical (unpaired) electrons. The van der Waals surface area contributed by atoms with Gasteiger partial charge in [-0.3, -0.25) is 4.21 Å². The Kier molecular flexibility index (Phi) is 4.22. The van der Waals surface area contributed by atoms with Crippen LogP contribution in [-0.2, 0) is 16.6 Å². The minimum atomic E-state index is -1.07. The summed E-state index contributed by atoms with van der Waals surface area (Å²) in [4.78, 5) is 0.800. The molecule has 1 atom stereocenters. The number of ether oxygens (including phenoxy) is 1. The van der Waals surface area contributed by atoms with Gasteiger partial charge in [0.15, 0.2) is 0 Å². The maximum Gasteiger partial charge on any atom is 0.119 e. The monoisotopic (exact) mass is 275 g/mol. The molecule has 0 aromatic heterocycles. The third-order valence-electron chi connectivity index (χ3n) is 2.94. The molecule has 0 spiro atoms. The fourth-order valence-corrected chi connectivity index (χ4v) is 2.96. The zero-order chi connectivity index (χ0) is 13.8. The van der Waals surface area contributed by atoms with Gasteiger partial charge in [-0.2, -0.15) is 0 Å². The molecule has 0 aliphatic heterocycles. The fourth-order valence-electron chi connectivity index (χ4n) is 1.79.